The van der Waals surface area contributed by atoms with Gasteiger partial charge in [-0.05, 0) is 24.8 Å². The van der Waals surface area contributed by atoms with Gasteiger partial charge in [-0.25, -0.2) is 0 Å². The van der Waals surface area contributed by atoms with Gasteiger partial charge in [-0.15, -0.1) is 0 Å². The summed E-state index contributed by atoms with van der Waals surface area (Å²) in [6.07, 6.45) is 4.06. The predicted molar refractivity (Wildman–Crippen MR) is 57.2 cm³/mol. The molecule has 1 fully saturated rings. The third-order valence-corrected chi connectivity index (χ3v) is 3.28. The first-order valence-electron chi connectivity index (χ1n) is 5.54. The molecule has 84 valence electrons. The molecule has 1 saturated carbocycles. The van der Waals surface area contributed by atoms with Crippen molar-refractivity contribution < 1.29 is 9.47 Å². The molecule has 3 heteroatoms. The van der Waals surface area contributed by atoms with Gasteiger partial charge >= 0.3 is 0 Å². The Kier molecular flexibility index (Phi) is 5.45. The van der Waals surface area contributed by atoms with Crippen molar-refractivity contribution in [1.29, 1.82) is 0 Å². The van der Waals surface area contributed by atoms with E-state index in [4.69, 9.17) is 9.47 Å². The van der Waals surface area contributed by atoms with Crippen molar-refractivity contribution in [2.75, 3.05) is 27.3 Å². The smallest absolute Gasteiger partial charge is 0.169 e. The van der Waals surface area contributed by atoms with Crippen molar-refractivity contribution in [2.45, 2.75) is 32.5 Å². The van der Waals surface area contributed by atoms with Crippen LogP contribution in [0.25, 0.3) is 0 Å². The molecule has 0 radical (unpaired) electrons. The fourth-order valence-corrected chi connectivity index (χ4v) is 2.17. The summed E-state index contributed by atoms with van der Waals surface area (Å²) in [6.45, 7) is 4.24. The van der Waals surface area contributed by atoms with Crippen molar-refractivity contribution in [3.63, 3.8) is 0 Å². The molecule has 1 rings (SSSR count). The lowest BCUT2D eigenvalue weighted by atomic mass is 9.98. The van der Waals surface area contributed by atoms with Crippen molar-refractivity contribution in [3.8, 4) is 0 Å². The lowest BCUT2D eigenvalue weighted by molar-refractivity contribution is -0.0990. The van der Waals surface area contributed by atoms with Crippen LogP contribution in [-0.2, 0) is 9.47 Å². The van der Waals surface area contributed by atoms with Gasteiger partial charge in [0.05, 0.1) is 0 Å². The number of hydrogen-bond donors (Lipinski definition) is 1. The number of methoxy groups -OCH3 is 2. The second kappa shape index (κ2) is 6.38. The van der Waals surface area contributed by atoms with Crippen LogP contribution in [0.4, 0.5) is 0 Å². The van der Waals surface area contributed by atoms with E-state index in [1.54, 1.807) is 14.2 Å². The summed E-state index contributed by atoms with van der Waals surface area (Å²) in [5, 5.41) is 3.41. The molecule has 0 heterocycles. The molecule has 0 amide bonds. The summed E-state index contributed by atoms with van der Waals surface area (Å²) in [5.41, 5.74) is 0. The van der Waals surface area contributed by atoms with Crippen LogP contribution in [0.5, 0.6) is 0 Å². The maximum Gasteiger partial charge on any atom is 0.169 e. The Hall–Kier alpha value is -0.120. The van der Waals surface area contributed by atoms with Crippen LogP contribution < -0.4 is 5.32 Å². The topological polar surface area (TPSA) is 30.5 Å². The van der Waals surface area contributed by atoms with Crippen LogP contribution in [0.1, 0.15) is 26.2 Å². The van der Waals surface area contributed by atoms with Gasteiger partial charge in [0.15, 0.2) is 6.29 Å². The van der Waals surface area contributed by atoms with Gasteiger partial charge in [0.25, 0.3) is 0 Å². The Bertz CT molecular complexity index is 148. The molecule has 0 aliphatic heterocycles. The largest absolute Gasteiger partial charge is 0.355 e. The van der Waals surface area contributed by atoms with Gasteiger partial charge in [0.2, 0.25) is 0 Å². The molecule has 0 spiro atoms. The Morgan fingerprint density at radius 3 is 2.50 bits per heavy atom. The molecule has 0 bridgehead atoms. The summed E-state index contributed by atoms with van der Waals surface area (Å²) in [5.74, 6) is 1.73. The number of nitrogens with one attached hydrogen (secondary N) is 1. The van der Waals surface area contributed by atoms with Crippen molar-refractivity contribution >= 4 is 0 Å². The molecular weight excluding hydrogens is 178 g/mol. The third-order valence-electron chi connectivity index (χ3n) is 3.28. The SMILES string of the molecule is COC(CNCC1CCCC1C)OC. The Labute approximate surface area is 87.2 Å². The highest BCUT2D eigenvalue weighted by atomic mass is 16.7. The highest BCUT2D eigenvalue weighted by Gasteiger charge is 2.22. The molecule has 0 aromatic carbocycles. The van der Waals surface area contributed by atoms with Crippen LogP contribution in [0, 0.1) is 11.8 Å². The standard InChI is InChI=1S/C11H23NO2/c1-9-5-4-6-10(9)7-12-8-11(13-2)14-3/h9-12H,4-8H2,1-3H3. The van der Waals surface area contributed by atoms with Gasteiger partial charge in [-0.1, -0.05) is 19.8 Å². The highest BCUT2D eigenvalue weighted by Crippen LogP contribution is 2.30. The summed E-state index contributed by atoms with van der Waals surface area (Å²) in [6, 6.07) is 0. The minimum atomic E-state index is -0.105. The molecule has 0 saturated heterocycles. The zero-order chi connectivity index (χ0) is 10.4. The molecule has 2 unspecified atom stereocenters. The summed E-state index contributed by atoms with van der Waals surface area (Å²) in [4.78, 5) is 0. The van der Waals surface area contributed by atoms with E-state index in [9.17, 15) is 0 Å². The van der Waals surface area contributed by atoms with Crippen molar-refractivity contribution in [1.82, 2.24) is 5.32 Å². The molecule has 2 atom stereocenters. The summed E-state index contributed by atoms with van der Waals surface area (Å²) < 4.78 is 10.2. The van der Waals surface area contributed by atoms with Gasteiger partial charge < -0.3 is 14.8 Å². The Balaban J connectivity index is 2.08. The minimum Gasteiger partial charge on any atom is -0.355 e. The Morgan fingerprint density at radius 2 is 2.00 bits per heavy atom. The normalized spacial score (nSPS) is 27.4. The quantitative estimate of drug-likeness (QED) is 0.663. The molecule has 3 nitrogen and oxygen atoms in total. The van der Waals surface area contributed by atoms with Crippen molar-refractivity contribution in [3.05, 3.63) is 0 Å². The lowest BCUT2D eigenvalue weighted by Crippen LogP contribution is -2.33. The Morgan fingerprint density at radius 1 is 1.29 bits per heavy atom. The first-order chi connectivity index (χ1) is 6.77. The predicted octanol–water partition coefficient (Wildman–Crippen LogP) is 1.63. The van der Waals surface area contributed by atoms with Crippen molar-refractivity contribution in [2.24, 2.45) is 11.8 Å². The first-order valence-corrected chi connectivity index (χ1v) is 5.54. The lowest BCUT2D eigenvalue weighted by Gasteiger charge is -2.18. The van der Waals surface area contributed by atoms with E-state index in [-0.39, 0.29) is 6.29 Å². The average molecular weight is 201 g/mol. The van der Waals surface area contributed by atoms with Crippen LogP contribution >= 0.6 is 0 Å². The van der Waals surface area contributed by atoms with E-state index >= 15 is 0 Å². The third kappa shape index (κ3) is 3.56. The fourth-order valence-electron chi connectivity index (χ4n) is 2.17. The van der Waals surface area contributed by atoms with Crippen LogP contribution in [0.15, 0.2) is 0 Å². The van der Waals surface area contributed by atoms with E-state index in [1.807, 2.05) is 0 Å². The second-order valence-corrected chi connectivity index (χ2v) is 4.23. The minimum absolute atomic E-state index is 0.105. The van der Waals surface area contributed by atoms with Gasteiger partial charge in [0, 0.05) is 20.8 Å². The van der Waals surface area contributed by atoms with Gasteiger partial charge in [-0.2, -0.15) is 0 Å². The van der Waals surface area contributed by atoms with Crippen LogP contribution in [-0.4, -0.2) is 33.6 Å². The molecule has 0 aromatic rings. The highest BCUT2D eigenvalue weighted by molar-refractivity contribution is 4.75. The molecule has 0 aromatic heterocycles. The number of rotatable bonds is 6. The van der Waals surface area contributed by atoms with Gasteiger partial charge in [0.1, 0.15) is 0 Å². The van der Waals surface area contributed by atoms with E-state index in [0.717, 1.165) is 24.9 Å². The molecular formula is C11H23NO2. The molecule has 14 heavy (non-hydrogen) atoms. The van der Waals surface area contributed by atoms with E-state index in [0.29, 0.717) is 0 Å². The van der Waals surface area contributed by atoms with E-state index in [1.165, 1.54) is 19.3 Å². The number of hydrogen-bond acceptors (Lipinski definition) is 3. The van der Waals surface area contributed by atoms with Crippen LogP contribution in [0.2, 0.25) is 0 Å². The summed E-state index contributed by atoms with van der Waals surface area (Å²) >= 11 is 0. The monoisotopic (exact) mass is 201 g/mol. The maximum atomic E-state index is 5.11. The molecule has 1 N–H and O–H groups in total. The fraction of sp³-hybridized carbons (Fsp3) is 1.00. The van der Waals surface area contributed by atoms with E-state index < -0.39 is 0 Å². The first kappa shape index (κ1) is 12.0. The maximum absolute atomic E-state index is 5.11. The average Bonchev–Trinajstić information content (AvgIpc) is 2.59. The zero-order valence-electron chi connectivity index (χ0n) is 9.58. The molecule has 1 aliphatic rings. The van der Waals surface area contributed by atoms with E-state index in [2.05, 4.69) is 12.2 Å². The number of ether oxygens (including phenoxy) is 2. The molecule has 1 aliphatic carbocycles. The summed E-state index contributed by atoms with van der Waals surface area (Å²) in [7, 11) is 3.35. The van der Waals surface area contributed by atoms with Gasteiger partial charge in [-0.3, -0.25) is 0 Å². The van der Waals surface area contributed by atoms with Crippen LogP contribution in [0.3, 0.4) is 0 Å². The zero-order valence-corrected chi connectivity index (χ0v) is 9.58. The second-order valence-electron chi connectivity index (χ2n) is 4.23.